The summed E-state index contributed by atoms with van der Waals surface area (Å²) < 4.78 is 1.00. The summed E-state index contributed by atoms with van der Waals surface area (Å²) in [5, 5.41) is 9.77. The van der Waals surface area contributed by atoms with Crippen molar-refractivity contribution in [3.63, 3.8) is 0 Å². The summed E-state index contributed by atoms with van der Waals surface area (Å²) in [7, 11) is 0. The molecule has 0 aliphatic rings. The lowest BCUT2D eigenvalue weighted by atomic mass is 11.1. The summed E-state index contributed by atoms with van der Waals surface area (Å²) in [5.41, 5.74) is 0. The van der Waals surface area contributed by atoms with Gasteiger partial charge in [-0.25, -0.2) is 0 Å². The van der Waals surface area contributed by atoms with Crippen LogP contribution in [-0.2, 0) is 0 Å². The second-order valence-corrected chi connectivity index (χ2v) is 4.17. The largest absolute Gasteiger partial charge is 0.316 e. The molecule has 0 fully saturated rings. The Balaban J connectivity index is 2.76. The van der Waals surface area contributed by atoms with Gasteiger partial charge in [0.05, 0.1) is 0 Å². The van der Waals surface area contributed by atoms with Crippen molar-refractivity contribution in [2.75, 3.05) is 5.32 Å². The second kappa shape index (κ2) is 3.42. The molecule has 1 aromatic rings. The zero-order chi connectivity index (χ0) is 7.56. The number of anilines is 1. The predicted octanol–water partition coefficient (Wildman–Crippen LogP) is 1.83. The van der Waals surface area contributed by atoms with Gasteiger partial charge < -0.3 is 5.32 Å². The van der Waals surface area contributed by atoms with Crippen LogP contribution in [0.3, 0.4) is 0 Å². The molecule has 0 aliphatic carbocycles. The van der Waals surface area contributed by atoms with Crippen LogP contribution < -0.4 is 5.32 Å². The molecule has 7 heteroatoms. The quantitative estimate of drug-likeness (QED) is 0.487. The van der Waals surface area contributed by atoms with E-state index in [0.29, 0.717) is 13.4 Å². The first kappa shape index (κ1) is 8.12. The van der Waals surface area contributed by atoms with Crippen molar-refractivity contribution in [1.82, 2.24) is 10.2 Å². The minimum Gasteiger partial charge on any atom is -0.316 e. The molecule has 0 radical (unpaired) electrons. The van der Waals surface area contributed by atoms with E-state index in [1.807, 2.05) is 0 Å². The first-order valence-electron chi connectivity index (χ1n) is 2.24. The number of thiol groups is 1. The van der Waals surface area contributed by atoms with E-state index < -0.39 is 0 Å². The van der Waals surface area contributed by atoms with Crippen LogP contribution in [-0.4, -0.2) is 14.5 Å². The van der Waals surface area contributed by atoms with Crippen LogP contribution in [0.4, 0.5) is 5.13 Å². The average molecular weight is 209 g/mol. The number of nitrogens with one attached hydrogen (secondary N) is 2. The Kier molecular flexibility index (Phi) is 2.78. The molecule has 0 saturated carbocycles. The molecular formula is C3H3N3S4. The molecule has 1 aromatic heterocycles. The Hall–Kier alpha value is 0.0200. The van der Waals surface area contributed by atoms with Crippen molar-refractivity contribution in [2.24, 2.45) is 0 Å². The lowest BCUT2D eigenvalue weighted by Gasteiger charge is -1.92. The fourth-order valence-electron chi connectivity index (χ4n) is 0.375. The van der Waals surface area contributed by atoms with E-state index >= 15 is 0 Å². The summed E-state index contributed by atoms with van der Waals surface area (Å²) in [6.07, 6.45) is 0. The molecule has 3 nitrogen and oxygen atoms in total. The number of aromatic nitrogens is 2. The molecule has 0 spiro atoms. The molecule has 0 atom stereocenters. The lowest BCUT2D eigenvalue weighted by Crippen LogP contribution is -1.99. The SMILES string of the molecule is S=C(S)Nc1n[nH]c(=S)s1. The van der Waals surface area contributed by atoms with E-state index in [2.05, 4.69) is 40.4 Å². The number of H-pyrrole nitrogens is 1. The van der Waals surface area contributed by atoms with Crippen LogP contribution in [0.5, 0.6) is 0 Å². The minimum absolute atomic E-state index is 0.387. The third-order valence-electron chi connectivity index (χ3n) is 0.652. The zero-order valence-electron chi connectivity index (χ0n) is 4.62. The van der Waals surface area contributed by atoms with E-state index in [1.165, 1.54) is 11.3 Å². The van der Waals surface area contributed by atoms with Crippen LogP contribution in [0.25, 0.3) is 0 Å². The van der Waals surface area contributed by atoms with Gasteiger partial charge in [0, 0.05) is 0 Å². The highest BCUT2D eigenvalue weighted by Gasteiger charge is 1.95. The number of hydrogen-bond acceptors (Lipinski definition) is 4. The van der Waals surface area contributed by atoms with Crippen molar-refractivity contribution in [1.29, 1.82) is 0 Å². The van der Waals surface area contributed by atoms with Crippen LogP contribution in [0, 0.1) is 3.95 Å². The highest BCUT2D eigenvalue weighted by Crippen LogP contribution is 2.10. The number of thiocarbonyl (C=S) groups is 1. The zero-order valence-corrected chi connectivity index (χ0v) is 7.96. The molecule has 0 amide bonds. The normalized spacial score (nSPS) is 9.30. The van der Waals surface area contributed by atoms with Gasteiger partial charge in [0.2, 0.25) is 5.13 Å². The Morgan fingerprint density at radius 1 is 1.80 bits per heavy atom. The molecule has 10 heavy (non-hydrogen) atoms. The fraction of sp³-hybridized carbons (Fsp3) is 0. The Bertz CT molecular complexity index is 286. The van der Waals surface area contributed by atoms with Gasteiger partial charge in [-0.2, -0.15) is 0 Å². The fourth-order valence-corrected chi connectivity index (χ4v) is 1.51. The topological polar surface area (TPSA) is 40.7 Å². The molecule has 0 unspecified atom stereocenters. The molecule has 2 N–H and O–H groups in total. The first-order valence-corrected chi connectivity index (χ1v) is 4.32. The van der Waals surface area contributed by atoms with Gasteiger partial charge in [0.1, 0.15) is 4.32 Å². The van der Waals surface area contributed by atoms with Crippen molar-refractivity contribution < 1.29 is 0 Å². The Morgan fingerprint density at radius 3 is 2.90 bits per heavy atom. The van der Waals surface area contributed by atoms with Gasteiger partial charge in [0.25, 0.3) is 0 Å². The maximum Gasteiger partial charge on any atom is 0.209 e. The summed E-state index contributed by atoms with van der Waals surface area (Å²) in [5.74, 6) is 0. The van der Waals surface area contributed by atoms with Crippen molar-refractivity contribution in [3.8, 4) is 0 Å². The Labute approximate surface area is 77.3 Å². The van der Waals surface area contributed by atoms with Crippen molar-refractivity contribution in [2.45, 2.75) is 0 Å². The molecular weight excluding hydrogens is 206 g/mol. The van der Waals surface area contributed by atoms with Crippen LogP contribution in [0.2, 0.25) is 0 Å². The van der Waals surface area contributed by atoms with Crippen LogP contribution >= 0.6 is 48.4 Å². The maximum atomic E-state index is 4.78. The van der Waals surface area contributed by atoms with E-state index in [4.69, 9.17) is 12.2 Å². The molecule has 0 aliphatic heterocycles. The second-order valence-electron chi connectivity index (χ2n) is 1.35. The molecule has 0 aromatic carbocycles. The van der Waals surface area contributed by atoms with Gasteiger partial charge in [-0.1, -0.05) is 23.6 Å². The summed E-state index contributed by atoms with van der Waals surface area (Å²) in [6.45, 7) is 0. The highest BCUT2D eigenvalue weighted by molar-refractivity contribution is 8.11. The third kappa shape index (κ3) is 2.33. The van der Waals surface area contributed by atoms with Crippen molar-refractivity contribution in [3.05, 3.63) is 3.95 Å². The molecule has 54 valence electrons. The predicted molar refractivity (Wildman–Crippen MR) is 52.5 cm³/mol. The number of rotatable bonds is 1. The lowest BCUT2D eigenvalue weighted by molar-refractivity contribution is 1.09. The molecule has 0 saturated heterocycles. The van der Waals surface area contributed by atoms with Crippen LogP contribution in [0.1, 0.15) is 0 Å². The Morgan fingerprint density at radius 2 is 2.50 bits per heavy atom. The van der Waals surface area contributed by atoms with E-state index in [9.17, 15) is 0 Å². The maximum absolute atomic E-state index is 4.78. The van der Waals surface area contributed by atoms with E-state index in [-0.39, 0.29) is 0 Å². The summed E-state index contributed by atoms with van der Waals surface area (Å²) in [6, 6.07) is 0. The van der Waals surface area contributed by atoms with Gasteiger partial charge >= 0.3 is 0 Å². The van der Waals surface area contributed by atoms with E-state index in [0.717, 1.165) is 0 Å². The number of nitrogens with zero attached hydrogens (tertiary/aromatic N) is 1. The minimum atomic E-state index is 0.387. The standard InChI is InChI=1S/C3H3N3S4/c7-2(8)4-1-5-6-3(9)10-1/h(H,6,9)(H2,4,5,7,8). The number of aromatic amines is 1. The monoisotopic (exact) mass is 209 g/mol. The number of hydrogen-bond donors (Lipinski definition) is 3. The summed E-state index contributed by atoms with van der Waals surface area (Å²) >= 11 is 14.6. The third-order valence-corrected chi connectivity index (χ3v) is 1.87. The van der Waals surface area contributed by atoms with Crippen LogP contribution in [0.15, 0.2) is 0 Å². The smallest absolute Gasteiger partial charge is 0.209 e. The van der Waals surface area contributed by atoms with Gasteiger partial charge in [-0.3, -0.25) is 5.10 Å². The summed E-state index contributed by atoms with van der Waals surface area (Å²) in [4.78, 5) is 0. The molecule has 1 rings (SSSR count). The molecule has 0 bridgehead atoms. The van der Waals surface area contributed by atoms with Gasteiger partial charge in [0.15, 0.2) is 3.95 Å². The first-order chi connectivity index (χ1) is 4.68. The van der Waals surface area contributed by atoms with Gasteiger partial charge in [-0.05, 0) is 12.2 Å². The van der Waals surface area contributed by atoms with Gasteiger partial charge in [-0.15, -0.1) is 17.7 Å². The van der Waals surface area contributed by atoms with E-state index in [1.54, 1.807) is 0 Å². The molecule has 1 heterocycles. The average Bonchev–Trinajstić information content (AvgIpc) is 2.13. The van der Waals surface area contributed by atoms with Crippen molar-refractivity contribution >= 4 is 57.9 Å². The highest BCUT2D eigenvalue weighted by atomic mass is 32.1.